The fraction of sp³-hybridized carbons (Fsp3) is 0.0714. The number of nitro benzene ring substituents is 1. The highest BCUT2D eigenvalue weighted by Crippen LogP contribution is 2.13. The van der Waals surface area contributed by atoms with Crippen LogP contribution in [0.15, 0.2) is 53.4 Å². The van der Waals surface area contributed by atoms with Gasteiger partial charge in [0.1, 0.15) is 0 Å². The Morgan fingerprint density at radius 2 is 1.83 bits per heavy atom. The van der Waals surface area contributed by atoms with E-state index in [1.807, 2.05) is 0 Å². The van der Waals surface area contributed by atoms with Gasteiger partial charge < -0.3 is 5.32 Å². The van der Waals surface area contributed by atoms with Gasteiger partial charge in [-0.25, -0.2) is 13.6 Å². The first kappa shape index (κ1) is 16.6. The lowest BCUT2D eigenvalue weighted by Crippen LogP contribution is -2.23. The molecule has 8 nitrogen and oxygen atoms in total. The first-order valence-electron chi connectivity index (χ1n) is 6.42. The van der Waals surface area contributed by atoms with Crippen molar-refractivity contribution < 1.29 is 18.1 Å². The van der Waals surface area contributed by atoms with Gasteiger partial charge in [0, 0.05) is 24.2 Å². The number of carbonyl (C=O) groups is 1. The molecule has 0 aliphatic rings. The van der Waals surface area contributed by atoms with Gasteiger partial charge in [-0.3, -0.25) is 14.9 Å². The lowest BCUT2D eigenvalue weighted by Gasteiger charge is -2.06. The number of non-ortho nitro benzene ring substituents is 1. The van der Waals surface area contributed by atoms with Crippen molar-refractivity contribution in [1.29, 1.82) is 0 Å². The smallest absolute Gasteiger partial charge is 0.269 e. The van der Waals surface area contributed by atoms with E-state index in [-0.39, 0.29) is 22.7 Å². The Bertz CT molecular complexity index is 847. The van der Waals surface area contributed by atoms with Gasteiger partial charge in [0.05, 0.1) is 9.82 Å². The van der Waals surface area contributed by atoms with Gasteiger partial charge in [-0.15, -0.1) is 0 Å². The number of nitrogens with zero attached hydrogens (tertiary/aromatic N) is 1. The van der Waals surface area contributed by atoms with Crippen LogP contribution in [0.25, 0.3) is 0 Å². The van der Waals surface area contributed by atoms with Crippen LogP contribution in [0.1, 0.15) is 15.9 Å². The Balaban J connectivity index is 2.06. The Labute approximate surface area is 132 Å². The fourth-order valence-electron chi connectivity index (χ4n) is 1.85. The number of rotatable bonds is 5. The van der Waals surface area contributed by atoms with E-state index in [9.17, 15) is 23.3 Å². The zero-order valence-electron chi connectivity index (χ0n) is 11.8. The summed E-state index contributed by atoms with van der Waals surface area (Å²) >= 11 is 0. The van der Waals surface area contributed by atoms with Crippen LogP contribution in [0.5, 0.6) is 0 Å². The summed E-state index contributed by atoms with van der Waals surface area (Å²) in [5.74, 6) is -0.430. The van der Waals surface area contributed by atoms with Gasteiger partial charge in [-0.2, -0.15) is 0 Å². The molecule has 0 saturated heterocycles. The minimum atomic E-state index is -3.81. The summed E-state index contributed by atoms with van der Waals surface area (Å²) in [6, 6.07) is 11.0. The maximum absolute atomic E-state index is 12.0. The summed E-state index contributed by atoms with van der Waals surface area (Å²) in [6.07, 6.45) is 0. The highest BCUT2D eigenvalue weighted by molar-refractivity contribution is 7.89. The molecule has 120 valence electrons. The average Bonchev–Trinajstić information content (AvgIpc) is 2.52. The fourth-order valence-corrected chi connectivity index (χ4v) is 2.44. The van der Waals surface area contributed by atoms with Crippen molar-refractivity contribution in [1.82, 2.24) is 5.32 Å². The third-order valence-electron chi connectivity index (χ3n) is 3.02. The number of nitrogens with one attached hydrogen (secondary N) is 1. The molecule has 0 aromatic heterocycles. The predicted octanol–water partition coefficient (Wildman–Crippen LogP) is 1.17. The number of carbonyl (C=O) groups excluding carboxylic acids is 1. The summed E-state index contributed by atoms with van der Waals surface area (Å²) in [6.45, 7) is 0.0964. The first-order valence-corrected chi connectivity index (χ1v) is 7.96. The topological polar surface area (TPSA) is 132 Å². The normalized spacial score (nSPS) is 11.0. The SMILES string of the molecule is NS(=O)(=O)c1cccc(CNC(=O)c2ccc([N+](=O)[O-])cc2)c1. The second kappa shape index (κ2) is 6.55. The molecule has 0 fully saturated rings. The van der Waals surface area contributed by atoms with Gasteiger partial charge in [-0.1, -0.05) is 12.1 Å². The summed E-state index contributed by atoms with van der Waals surface area (Å²) in [5, 5.41) is 18.2. The van der Waals surface area contributed by atoms with Crippen molar-refractivity contribution in [2.45, 2.75) is 11.4 Å². The molecule has 2 rings (SSSR count). The van der Waals surface area contributed by atoms with Gasteiger partial charge in [-0.05, 0) is 29.8 Å². The van der Waals surface area contributed by atoms with E-state index in [1.165, 1.54) is 42.5 Å². The van der Waals surface area contributed by atoms with E-state index in [0.29, 0.717) is 5.56 Å². The molecule has 0 bridgehead atoms. The summed E-state index contributed by atoms with van der Waals surface area (Å²) in [4.78, 5) is 21.9. The summed E-state index contributed by atoms with van der Waals surface area (Å²) in [7, 11) is -3.81. The molecule has 0 saturated carbocycles. The van der Waals surface area contributed by atoms with Gasteiger partial charge in [0.15, 0.2) is 0 Å². The molecule has 2 aromatic carbocycles. The largest absolute Gasteiger partial charge is 0.348 e. The van der Waals surface area contributed by atoms with Gasteiger partial charge in [0.25, 0.3) is 11.6 Å². The third-order valence-corrected chi connectivity index (χ3v) is 3.93. The van der Waals surface area contributed by atoms with Crippen molar-refractivity contribution in [3.63, 3.8) is 0 Å². The van der Waals surface area contributed by atoms with Crippen molar-refractivity contribution in [2.75, 3.05) is 0 Å². The van der Waals surface area contributed by atoms with Crippen LogP contribution in [-0.4, -0.2) is 19.2 Å². The summed E-state index contributed by atoms with van der Waals surface area (Å²) in [5.41, 5.74) is 0.715. The van der Waals surface area contributed by atoms with Gasteiger partial charge in [0.2, 0.25) is 10.0 Å². The monoisotopic (exact) mass is 335 g/mol. The lowest BCUT2D eigenvalue weighted by molar-refractivity contribution is -0.384. The molecular weight excluding hydrogens is 322 g/mol. The molecule has 0 aliphatic carbocycles. The van der Waals surface area contributed by atoms with Crippen LogP contribution >= 0.6 is 0 Å². The molecule has 0 aliphatic heterocycles. The second-order valence-corrected chi connectivity index (χ2v) is 6.24. The Morgan fingerprint density at radius 3 is 2.39 bits per heavy atom. The van der Waals surface area contributed by atoms with Crippen molar-refractivity contribution in [3.05, 3.63) is 69.8 Å². The van der Waals surface area contributed by atoms with E-state index in [0.717, 1.165) is 0 Å². The number of primary sulfonamides is 1. The highest BCUT2D eigenvalue weighted by Gasteiger charge is 2.11. The minimum Gasteiger partial charge on any atom is -0.348 e. The molecule has 0 atom stereocenters. The zero-order chi connectivity index (χ0) is 17.0. The van der Waals surface area contributed by atoms with Crippen molar-refractivity contribution >= 4 is 21.6 Å². The van der Waals surface area contributed by atoms with Crippen LogP contribution < -0.4 is 10.5 Å². The molecule has 0 heterocycles. The zero-order valence-corrected chi connectivity index (χ0v) is 12.6. The number of benzene rings is 2. The molecule has 3 N–H and O–H groups in total. The van der Waals surface area contributed by atoms with Crippen LogP contribution in [-0.2, 0) is 16.6 Å². The van der Waals surface area contributed by atoms with Crippen LogP contribution in [0.2, 0.25) is 0 Å². The van der Waals surface area contributed by atoms with E-state index < -0.39 is 20.9 Å². The number of nitro groups is 1. The predicted molar refractivity (Wildman–Crippen MR) is 82.1 cm³/mol. The number of amides is 1. The number of nitrogens with two attached hydrogens (primary N) is 1. The Morgan fingerprint density at radius 1 is 1.17 bits per heavy atom. The molecule has 23 heavy (non-hydrogen) atoms. The van der Waals surface area contributed by atoms with E-state index in [2.05, 4.69) is 5.32 Å². The molecule has 1 amide bonds. The summed E-state index contributed by atoms with van der Waals surface area (Å²) < 4.78 is 22.5. The molecule has 0 radical (unpaired) electrons. The standard InChI is InChI=1S/C14H13N3O5S/c15-23(21,22)13-3-1-2-10(8-13)9-16-14(18)11-4-6-12(7-5-11)17(19)20/h1-8H,9H2,(H,16,18)(H2,15,21,22). The Kier molecular flexibility index (Phi) is 4.72. The Hall–Kier alpha value is -2.78. The maximum atomic E-state index is 12.0. The second-order valence-electron chi connectivity index (χ2n) is 4.68. The number of hydrogen-bond donors (Lipinski definition) is 2. The highest BCUT2D eigenvalue weighted by atomic mass is 32.2. The van der Waals surface area contributed by atoms with E-state index in [1.54, 1.807) is 6.07 Å². The number of hydrogen-bond acceptors (Lipinski definition) is 5. The van der Waals surface area contributed by atoms with Gasteiger partial charge >= 0.3 is 0 Å². The quantitative estimate of drug-likeness (QED) is 0.625. The third kappa shape index (κ3) is 4.34. The van der Waals surface area contributed by atoms with E-state index in [4.69, 9.17) is 5.14 Å². The van der Waals surface area contributed by atoms with Crippen LogP contribution in [0, 0.1) is 10.1 Å². The van der Waals surface area contributed by atoms with Crippen molar-refractivity contribution in [2.24, 2.45) is 5.14 Å². The van der Waals surface area contributed by atoms with E-state index >= 15 is 0 Å². The minimum absolute atomic E-state index is 0.0421. The maximum Gasteiger partial charge on any atom is 0.269 e. The lowest BCUT2D eigenvalue weighted by atomic mass is 10.2. The average molecular weight is 335 g/mol. The van der Waals surface area contributed by atoms with Crippen LogP contribution in [0.3, 0.4) is 0 Å². The van der Waals surface area contributed by atoms with Crippen molar-refractivity contribution in [3.8, 4) is 0 Å². The van der Waals surface area contributed by atoms with Crippen LogP contribution in [0.4, 0.5) is 5.69 Å². The molecule has 2 aromatic rings. The number of sulfonamides is 1. The molecule has 0 unspecified atom stereocenters. The molecule has 9 heteroatoms. The first-order chi connectivity index (χ1) is 10.8. The molecular formula is C14H13N3O5S. The molecule has 0 spiro atoms.